The molecule has 9 rings (SSSR count). The lowest BCUT2D eigenvalue weighted by atomic mass is 10.0. The molecule has 4 heterocycles. The van der Waals surface area contributed by atoms with Crippen LogP contribution in [0.15, 0.2) is 158 Å². The summed E-state index contributed by atoms with van der Waals surface area (Å²) in [6, 6.07) is 49.6. The second-order valence-corrected chi connectivity index (χ2v) is 16.0. The summed E-state index contributed by atoms with van der Waals surface area (Å²) in [5.74, 6) is 0. The lowest BCUT2D eigenvalue weighted by Crippen LogP contribution is -2.43. The zero-order chi connectivity index (χ0) is 30.6. The number of fused-ring (bicyclic) bond motifs is 4. The van der Waals surface area contributed by atoms with Gasteiger partial charge in [-0.15, -0.1) is 0 Å². The highest BCUT2D eigenvalue weighted by molar-refractivity contribution is 7.82. The van der Waals surface area contributed by atoms with Crippen LogP contribution in [0.3, 0.4) is 0 Å². The van der Waals surface area contributed by atoms with E-state index in [1.807, 2.05) is 36.9 Å². The molecule has 7 aromatic rings. The molecule has 2 aromatic heterocycles. The summed E-state index contributed by atoms with van der Waals surface area (Å²) < 4.78 is 0. The summed E-state index contributed by atoms with van der Waals surface area (Å²) in [4.78, 5) is 11.5. The van der Waals surface area contributed by atoms with E-state index in [0.717, 1.165) is 11.1 Å². The Bertz CT molecular complexity index is 2070. The normalized spacial score (nSPS) is 15.9. The maximum Gasteiger partial charge on any atom is 0.0629 e. The number of aromatic nitrogens is 2. The number of nitrogens with zero attached hydrogens (tertiary/aromatic N) is 3. The van der Waals surface area contributed by atoms with Crippen molar-refractivity contribution in [2.24, 2.45) is 0 Å². The van der Waals surface area contributed by atoms with Gasteiger partial charge in [0.05, 0.1) is 17.1 Å². The van der Waals surface area contributed by atoms with Crippen molar-refractivity contribution in [3.63, 3.8) is 0 Å². The summed E-state index contributed by atoms with van der Waals surface area (Å²) in [5.41, 5.74) is 9.85. The maximum atomic E-state index is 4.44. The predicted octanol–water partition coefficient (Wildman–Crippen LogP) is 7.73. The lowest BCUT2D eigenvalue weighted by molar-refractivity contribution is 1.30. The molecule has 5 aromatic carbocycles. The third kappa shape index (κ3) is 4.43. The van der Waals surface area contributed by atoms with Crippen LogP contribution in [0, 0.1) is 6.92 Å². The van der Waals surface area contributed by atoms with E-state index in [-0.39, 0.29) is 0 Å². The minimum Gasteiger partial charge on any atom is -0.308 e. The SMILES string of the molecule is Cc1cc2c3c(c1)P(c1ccccc1)c1cc(-c4cccnc4)ccc1N3c1ccc(-c3cccnc3)cc1P2c1ccccc1. The highest BCUT2D eigenvalue weighted by Crippen LogP contribution is 2.55. The van der Waals surface area contributed by atoms with E-state index in [4.69, 9.17) is 0 Å². The number of hydrogen-bond donors (Lipinski definition) is 0. The van der Waals surface area contributed by atoms with E-state index in [9.17, 15) is 0 Å². The first kappa shape index (κ1) is 27.4. The van der Waals surface area contributed by atoms with Crippen molar-refractivity contribution in [2.75, 3.05) is 4.90 Å². The van der Waals surface area contributed by atoms with Gasteiger partial charge in [0.25, 0.3) is 0 Å². The number of hydrogen-bond acceptors (Lipinski definition) is 3. The molecule has 0 aliphatic carbocycles. The molecule has 3 nitrogen and oxygen atoms in total. The second kappa shape index (κ2) is 11.1. The summed E-state index contributed by atoms with van der Waals surface area (Å²) >= 11 is 0. The molecule has 46 heavy (non-hydrogen) atoms. The van der Waals surface area contributed by atoms with Gasteiger partial charge in [0.15, 0.2) is 0 Å². The molecule has 0 N–H and O–H groups in total. The fourth-order valence-electron chi connectivity index (χ4n) is 6.86. The number of aryl methyl sites for hydroxylation is 1. The quantitative estimate of drug-likeness (QED) is 0.188. The first-order valence-electron chi connectivity index (χ1n) is 15.5. The molecule has 0 fully saturated rings. The smallest absolute Gasteiger partial charge is 0.0629 e. The fraction of sp³-hybridized carbons (Fsp3) is 0.0244. The van der Waals surface area contributed by atoms with Crippen molar-refractivity contribution in [2.45, 2.75) is 6.92 Å². The fourth-order valence-corrected chi connectivity index (χ4v) is 12.4. The topological polar surface area (TPSA) is 29.0 Å². The summed E-state index contributed by atoms with van der Waals surface area (Å²) in [6.07, 6.45) is 7.62. The zero-order valence-corrected chi connectivity index (χ0v) is 27.0. The van der Waals surface area contributed by atoms with Gasteiger partial charge in [0.1, 0.15) is 0 Å². The van der Waals surface area contributed by atoms with Gasteiger partial charge in [0.2, 0.25) is 0 Å². The van der Waals surface area contributed by atoms with E-state index >= 15 is 0 Å². The van der Waals surface area contributed by atoms with Crippen molar-refractivity contribution in [3.8, 4) is 22.3 Å². The Morgan fingerprint density at radius 3 is 1.37 bits per heavy atom. The van der Waals surface area contributed by atoms with E-state index in [0.29, 0.717) is 0 Å². The first-order chi connectivity index (χ1) is 22.7. The average Bonchev–Trinajstić information content (AvgIpc) is 3.12. The van der Waals surface area contributed by atoms with Crippen molar-refractivity contribution in [3.05, 3.63) is 164 Å². The molecular formula is C41H29N3P2. The van der Waals surface area contributed by atoms with Crippen LogP contribution in [0.5, 0.6) is 0 Å². The van der Waals surface area contributed by atoms with Gasteiger partial charge in [0, 0.05) is 57.1 Å². The third-order valence-corrected chi connectivity index (χ3v) is 13.8. The van der Waals surface area contributed by atoms with Crippen molar-refractivity contribution in [1.82, 2.24) is 9.97 Å². The van der Waals surface area contributed by atoms with Crippen LogP contribution in [0.1, 0.15) is 5.56 Å². The van der Waals surface area contributed by atoms with Crippen molar-refractivity contribution < 1.29 is 0 Å². The van der Waals surface area contributed by atoms with Crippen molar-refractivity contribution >= 4 is 64.7 Å². The Hall–Kier alpha value is -4.94. The maximum absolute atomic E-state index is 4.44. The van der Waals surface area contributed by atoms with E-state index in [1.54, 1.807) is 0 Å². The van der Waals surface area contributed by atoms with Crippen LogP contribution in [0.25, 0.3) is 22.3 Å². The molecule has 0 bridgehead atoms. The molecule has 0 saturated heterocycles. The Labute approximate surface area is 271 Å². The van der Waals surface area contributed by atoms with Gasteiger partial charge < -0.3 is 4.90 Å². The summed E-state index contributed by atoms with van der Waals surface area (Å²) in [5, 5.41) is 8.35. The monoisotopic (exact) mass is 625 g/mol. The molecule has 5 heteroatoms. The van der Waals surface area contributed by atoms with Gasteiger partial charge in [-0.3, -0.25) is 9.97 Å². The Morgan fingerprint density at radius 2 is 0.935 bits per heavy atom. The molecule has 2 atom stereocenters. The first-order valence-corrected chi connectivity index (χ1v) is 18.2. The predicted molar refractivity (Wildman–Crippen MR) is 197 cm³/mol. The van der Waals surface area contributed by atoms with Crippen LogP contribution in [0.2, 0.25) is 0 Å². The number of rotatable bonds is 4. The number of anilines is 3. The van der Waals surface area contributed by atoms with E-state index in [1.165, 1.54) is 65.6 Å². The molecule has 0 saturated carbocycles. The van der Waals surface area contributed by atoms with E-state index in [2.05, 4.69) is 143 Å². The third-order valence-electron chi connectivity index (χ3n) is 8.85. The standard InChI is InChI=1S/C41H29N3P2/c1-28-22-39-41-40(23-28)46(34-14-6-3-7-15-34)38-25-30(32-11-9-21-43-27-32)17-19-36(38)44(41)35-18-16-29(31-10-8-20-42-26-31)24-37(35)45(39)33-12-4-2-5-13-33/h2-27H,1H3. The molecule has 218 valence electrons. The summed E-state index contributed by atoms with van der Waals surface area (Å²) in [7, 11) is -1.63. The molecule has 0 amide bonds. The van der Waals surface area contributed by atoms with Crippen molar-refractivity contribution in [1.29, 1.82) is 0 Å². The Morgan fingerprint density at radius 1 is 0.457 bits per heavy atom. The van der Waals surface area contributed by atoms with Crippen LogP contribution < -0.4 is 36.7 Å². The van der Waals surface area contributed by atoms with Gasteiger partial charge in [-0.2, -0.15) is 0 Å². The Balaban J connectivity index is 1.36. The number of pyridine rings is 2. The van der Waals surface area contributed by atoms with Crippen LogP contribution in [-0.4, -0.2) is 9.97 Å². The summed E-state index contributed by atoms with van der Waals surface area (Å²) in [6.45, 7) is 2.27. The molecule has 2 aliphatic heterocycles. The molecule has 2 aliphatic rings. The average molecular weight is 626 g/mol. The second-order valence-electron chi connectivity index (χ2n) is 11.7. The highest BCUT2D eigenvalue weighted by atomic mass is 31.1. The van der Waals surface area contributed by atoms with Gasteiger partial charge in [-0.1, -0.05) is 84.9 Å². The largest absolute Gasteiger partial charge is 0.308 e. The van der Waals surface area contributed by atoms with Crippen LogP contribution >= 0.6 is 15.8 Å². The van der Waals surface area contributed by atoms with Gasteiger partial charge in [-0.05, 0) is 98.6 Å². The van der Waals surface area contributed by atoms with Crippen LogP contribution in [-0.2, 0) is 0 Å². The lowest BCUT2D eigenvalue weighted by Gasteiger charge is -2.45. The molecule has 0 radical (unpaired) electrons. The van der Waals surface area contributed by atoms with Gasteiger partial charge >= 0.3 is 0 Å². The zero-order valence-electron chi connectivity index (χ0n) is 25.2. The number of benzene rings is 5. The molecule has 2 unspecified atom stereocenters. The highest BCUT2D eigenvalue weighted by Gasteiger charge is 2.41. The minimum absolute atomic E-state index is 0.816. The Kier molecular flexibility index (Phi) is 6.63. The van der Waals surface area contributed by atoms with E-state index < -0.39 is 15.8 Å². The van der Waals surface area contributed by atoms with Crippen LogP contribution in [0.4, 0.5) is 17.1 Å². The minimum atomic E-state index is -0.816. The van der Waals surface area contributed by atoms with Gasteiger partial charge in [-0.25, -0.2) is 0 Å². The molecule has 0 spiro atoms. The molecular weight excluding hydrogens is 596 g/mol.